The van der Waals surface area contributed by atoms with Crippen LogP contribution in [0.4, 0.5) is 4.39 Å². The zero-order chi connectivity index (χ0) is 8.55. The Balaban J connectivity index is 2.13. The molecule has 0 aromatic heterocycles. The van der Waals surface area contributed by atoms with E-state index in [0.29, 0.717) is 0 Å². The highest BCUT2D eigenvalue weighted by molar-refractivity contribution is 5.37. The molecule has 1 aromatic rings. The molecular formula is C11H11F. The van der Waals surface area contributed by atoms with Crippen LogP contribution >= 0.6 is 0 Å². The summed E-state index contributed by atoms with van der Waals surface area (Å²) < 4.78 is 12.7. The SMILES string of the molecule is CC1=C(Cc2cccc(F)c2)C1. The number of rotatable bonds is 2. The fourth-order valence-electron chi connectivity index (χ4n) is 1.38. The second kappa shape index (κ2) is 2.74. The Hall–Kier alpha value is -1.11. The predicted octanol–water partition coefficient (Wildman–Crippen LogP) is 3.09. The maximum absolute atomic E-state index is 12.7. The van der Waals surface area contributed by atoms with Crippen molar-refractivity contribution in [1.29, 1.82) is 0 Å². The minimum atomic E-state index is -0.133. The summed E-state index contributed by atoms with van der Waals surface area (Å²) in [6.45, 7) is 2.13. The average molecular weight is 162 g/mol. The summed E-state index contributed by atoms with van der Waals surface area (Å²) in [6, 6.07) is 6.83. The third-order valence-corrected chi connectivity index (χ3v) is 2.26. The molecule has 0 aliphatic heterocycles. The highest BCUT2D eigenvalue weighted by Gasteiger charge is 2.15. The van der Waals surface area contributed by atoms with Crippen LogP contribution in [0.5, 0.6) is 0 Å². The predicted molar refractivity (Wildman–Crippen MR) is 47.4 cm³/mol. The highest BCUT2D eigenvalue weighted by Crippen LogP contribution is 2.32. The molecule has 2 rings (SSSR count). The zero-order valence-corrected chi connectivity index (χ0v) is 7.10. The van der Waals surface area contributed by atoms with E-state index in [4.69, 9.17) is 0 Å². The molecule has 0 bridgehead atoms. The summed E-state index contributed by atoms with van der Waals surface area (Å²) in [4.78, 5) is 0. The van der Waals surface area contributed by atoms with Crippen LogP contribution in [0.2, 0.25) is 0 Å². The van der Waals surface area contributed by atoms with E-state index in [0.717, 1.165) is 18.4 Å². The zero-order valence-electron chi connectivity index (χ0n) is 7.10. The molecule has 12 heavy (non-hydrogen) atoms. The van der Waals surface area contributed by atoms with Crippen LogP contribution < -0.4 is 0 Å². The van der Waals surface area contributed by atoms with Gasteiger partial charge in [-0.15, -0.1) is 0 Å². The molecule has 0 saturated heterocycles. The maximum atomic E-state index is 12.7. The molecule has 62 valence electrons. The van der Waals surface area contributed by atoms with Crippen LogP contribution in [0.3, 0.4) is 0 Å². The lowest BCUT2D eigenvalue weighted by molar-refractivity contribution is 0.626. The first-order valence-corrected chi connectivity index (χ1v) is 4.17. The first-order chi connectivity index (χ1) is 5.75. The van der Waals surface area contributed by atoms with E-state index in [1.54, 1.807) is 12.1 Å². The number of hydrogen-bond donors (Lipinski definition) is 0. The van der Waals surface area contributed by atoms with Crippen molar-refractivity contribution in [3.63, 3.8) is 0 Å². The van der Waals surface area contributed by atoms with E-state index >= 15 is 0 Å². The monoisotopic (exact) mass is 162 g/mol. The lowest BCUT2D eigenvalue weighted by Gasteiger charge is -1.95. The summed E-state index contributed by atoms with van der Waals surface area (Å²) in [7, 11) is 0. The van der Waals surface area contributed by atoms with Gasteiger partial charge in [-0.3, -0.25) is 0 Å². The second-order valence-electron chi connectivity index (χ2n) is 3.37. The molecule has 0 spiro atoms. The first-order valence-electron chi connectivity index (χ1n) is 4.17. The Morgan fingerprint density at radius 1 is 1.42 bits per heavy atom. The number of benzene rings is 1. The van der Waals surface area contributed by atoms with Gasteiger partial charge in [-0.1, -0.05) is 23.3 Å². The molecule has 0 atom stereocenters. The summed E-state index contributed by atoms with van der Waals surface area (Å²) >= 11 is 0. The second-order valence-corrected chi connectivity index (χ2v) is 3.37. The molecule has 0 heterocycles. The minimum absolute atomic E-state index is 0.133. The summed E-state index contributed by atoms with van der Waals surface area (Å²) in [5.41, 5.74) is 4.03. The molecule has 0 nitrogen and oxygen atoms in total. The first kappa shape index (κ1) is 7.53. The lowest BCUT2D eigenvalue weighted by Crippen LogP contribution is -1.83. The summed E-state index contributed by atoms with van der Waals surface area (Å²) in [5.74, 6) is -0.133. The van der Waals surface area contributed by atoms with Gasteiger partial charge in [0.05, 0.1) is 0 Å². The fourth-order valence-corrected chi connectivity index (χ4v) is 1.38. The van der Waals surface area contributed by atoms with Gasteiger partial charge >= 0.3 is 0 Å². The molecule has 0 unspecified atom stereocenters. The van der Waals surface area contributed by atoms with Crippen LogP contribution in [0.25, 0.3) is 0 Å². The van der Waals surface area contributed by atoms with Crippen LogP contribution in [-0.2, 0) is 6.42 Å². The van der Waals surface area contributed by atoms with E-state index in [1.165, 1.54) is 17.2 Å². The van der Waals surface area contributed by atoms with Crippen molar-refractivity contribution in [1.82, 2.24) is 0 Å². The van der Waals surface area contributed by atoms with Gasteiger partial charge < -0.3 is 0 Å². The molecule has 1 aromatic carbocycles. The van der Waals surface area contributed by atoms with E-state index in [2.05, 4.69) is 6.92 Å². The molecule has 0 fully saturated rings. The van der Waals surface area contributed by atoms with Gasteiger partial charge in [0, 0.05) is 0 Å². The lowest BCUT2D eigenvalue weighted by atomic mass is 10.1. The van der Waals surface area contributed by atoms with E-state index in [9.17, 15) is 4.39 Å². The Kier molecular flexibility index (Phi) is 1.72. The van der Waals surface area contributed by atoms with E-state index in [-0.39, 0.29) is 5.82 Å². The van der Waals surface area contributed by atoms with Crippen molar-refractivity contribution in [2.75, 3.05) is 0 Å². The normalized spacial score (nSPS) is 15.2. The van der Waals surface area contributed by atoms with Crippen LogP contribution in [0.1, 0.15) is 18.9 Å². The molecule has 0 amide bonds. The van der Waals surface area contributed by atoms with Gasteiger partial charge in [0.15, 0.2) is 0 Å². The Labute approximate surface area is 71.7 Å². The molecular weight excluding hydrogens is 151 g/mol. The number of allylic oxidation sites excluding steroid dienone is 2. The fraction of sp³-hybridized carbons (Fsp3) is 0.273. The van der Waals surface area contributed by atoms with Crippen LogP contribution in [0.15, 0.2) is 35.4 Å². The highest BCUT2D eigenvalue weighted by atomic mass is 19.1. The number of halogens is 1. The van der Waals surface area contributed by atoms with Gasteiger partial charge in [0.1, 0.15) is 5.82 Å². The molecule has 1 aliphatic rings. The topological polar surface area (TPSA) is 0 Å². The quantitative estimate of drug-likeness (QED) is 0.586. The van der Waals surface area contributed by atoms with Crippen LogP contribution in [0, 0.1) is 5.82 Å². The smallest absolute Gasteiger partial charge is 0.123 e. The van der Waals surface area contributed by atoms with E-state index in [1.807, 2.05) is 6.07 Å². The molecule has 1 aliphatic carbocycles. The van der Waals surface area contributed by atoms with Gasteiger partial charge in [-0.05, 0) is 37.5 Å². The van der Waals surface area contributed by atoms with Crippen molar-refractivity contribution in [2.45, 2.75) is 19.8 Å². The minimum Gasteiger partial charge on any atom is -0.207 e. The maximum Gasteiger partial charge on any atom is 0.123 e. The molecule has 1 heteroatoms. The van der Waals surface area contributed by atoms with Crippen molar-refractivity contribution in [3.05, 3.63) is 46.8 Å². The molecule has 0 N–H and O–H groups in total. The van der Waals surface area contributed by atoms with E-state index < -0.39 is 0 Å². The summed E-state index contributed by atoms with van der Waals surface area (Å²) in [6.07, 6.45) is 2.08. The standard InChI is InChI=1S/C11H11F/c1-8-5-10(8)6-9-3-2-4-11(12)7-9/h2-4,7H,5-6H2,1H3. The van der Waals surface area contributed by atoms with Gasteiger partial charge in [0.25, 0.3) is 0 Å². The Bertz CT molecular complexity index is 337. The van der Waals surface area contributed by atoms with Gasteiger partial charge in [-0.2, -0.15) is 0 Å². The van der Waals surface area contributed by atoms with Gasteiger partial charge in [0.2, 0.25) is 0 Å². The Morgan fingerprint density at radius 3 is 2.75 bits per heavy atom. The Morgan fingerprint density at radius 2 is 2.17 bits per heavy atom. The van der Waals surface area contributed by atoms with Crippen molar-refractivity contribution in [2.24, 2.45) is 0 Å². The van der Waals surface area contributed by atoms with Crippen molar-refractivity contribution < 1.29 is 4.39 Å². The summed E-state index contributed by atoms with van der Waals surface area (Å²) in [5, 5.41) is 0. The third-order valence-electron chi connectivity index (χ3n) is 2.26. The van der Waals surface area contributed by atoms with Crippen molar-refractivity contribution in [3.8, 4) is 0 Å². The molecule has 0 radical (unpaired) electrons. The number of hydrogen-bond acceptors (Lipinski definition) is 0. The average Bonchev–Trinajstić information content (AvgIpc) is 2.66. The van der Waals surface area contributed by atoms with Crippen molar-refractivity contribution >= 4 is 0 Å². The third kappa shape index (κ3) is 1.55. The largest absolute Gasteiger partial charge is 0.207 e. The van der Waals surface area contributed by atoms with Crippen LogP contribution in [-0.4, -0.2) is 0 Å². The molecule has 0 saturated carbocycles. The van der Waals surface area contributed by atoms with Gasteiger partial charge in [-0.25, -0.2) is 4.39 Å².